The van der Waals surface area contributed by atoms with Gasteiger partial charge in [-0.1, -0.05) is 91.0 Å². The van der Waals surface area contributed by atoms with E-state index in [0.717, 1.165) is 0 Å². The number of benzene rings is 3. The van der Waals surface area contributed by atoms with Crippen LogP contribution in [-0.2, 0) is 0 Å². The van der Waals surface area contributed by atoms with Gasteiger partial charge in [0.15, 0.2) is 0 Å². The third-order valence-electron chi connectivity index (χ3n) is 3.62. The van der Waals surface area contributed by atoms with Gasteiger partial charge >= 0.3 is 0 Å². The highest BCUT2D eigenvalue weighted by Crippen LogP contribution is 2.29. The molecule has 0 radical (unpaired) electrons. The lowest BCUT2D eigenvalue weighted by atomic mass is 9.94. The minimum absolute atomic E-state index is 1.23. The van der Waals surface area contributed by atoms with E-state index in [2.05, 4.69) is 91.9 Å². The van der Waals surface area contributed by atoms with E-state index in [4.69, 9.17) is 0 Å². The van der Waals surface area contributed by atoms with Gasteiger partial charge < -0.3 is 0 Å². The third kappa shape index (κ3) is 3.11. The molecule has 0 aliphatic heterocycles. The Kier molecular flexibility index (Phi) is 3.97. The summed E-state index contributed by atoms with van der Waals surface area (Å²) in [5, 5.41) is 0. The minimum atomic E-state index is 1.23. The zero-order valence-corrected chi connectivity index (χ0v) is 12.2. The van der Waals surface area contributed by atoms with E-state index in [1.807, 2.05) is 6.07 Å². The van der Waals surface area contributed by atoms with Crippen LogP contribution in [0, 0.1) is 0 Å². The predicted octanol–water partition coefficient (Wildman–Crippen LogP) is 5.91. The van der Waals surface area contributed by atoms with Gasteiger partial charge in [-0.25, -0.2) is 0 Å². The largest absolute Gasteiger partial charge is 0.0622 e. The van der Waals surface area contributed by atoms with Crippen molar-refractivity contribution in [2.75, 3.05) is 0 Å². The van der Waals surface area contributed by atoms with Crippen molar-refractivity contribution in [1.29, 1.82) is 0 Å². The van der Waals surface area contributed by atoms with Crippen LogP contribution in [0.3, 0.4) is 0 Å². The lowest BCUT2D eigenvalue weighted by Gasteiger charge is -2.10. The summed E-state index contributed by atoms with van der Waals surface area (Å²) in [6.45, 7) is 2.18. The SMILES string of the molecule is CC(=Cc1ccccc1)c1ccccc1-c1ccccc1. The monoisotopic (exact) mass is 270 g/mol. The first kappa shape index (κ1) is 13.4. The Labute approximate surface area is 126 Å². The number of hydrogen-bond acceptors (Lipinski definition) is 0. The van der Waals surface area contributed by atoms with E-state index in [0.29, 0.717) is 0 Å². The molecule has 3 rings (SSSR count). The lowest BCUT2D eigenvalue weighted by molar-refractivity contribution is 1.54. The van der Waals surface area contributed by atoms with Gasteiger partial charge in [0, 0.05) is 0 Å². The summed E-state index contributed by atoms with van der Waals surface area (Å²) in [7, 11) is 0. The van der Waals surface area contributed by atoms with Crippen LogP contribution in [0.2, 0.25) is 0 Å². The molecule has 3 aromatic carbocycles. The van der Waals surface area contributed by atoms with Crippen molar-refractivity contribution in [1.82, 2.24) is 0 Å². The molecule has 0 saturated carbocycles. The molecule has 0 aromatic heterocycles. The van der Waals surface area contributed by atoms with Gasteiger partial charge in [-0.2, -0.15) is 0 Å². The maximum Gasteiger partial charge on any atom is -0.0109 e. The fraction of sp³-hybridized carbons (Fsp3) is 0.0476. The highest BCUT2D eigenvalue weighted by Gasteiger charge is 2.05. The minimum Gasteiger partial charge on any atom is -0.0622 e. The maximum absolute atomic E-state index is 2.24. The van der Waals surface area contributed by atoms with Gasteiger partial charge in [-0.3, -0.25) is 0 Å². The van der Waals surface area contributed by atoms with Crippen molar-refractivity contribution in [3.63, 3.8) is 0 Å². The Morgan fingerprint density at radius 3 is 1.95 bits per heavy atom. The van der Waals surface area contributed by atoms with Gasteiger partial charge in [-0.05, 0) is 34.8 Å². The molecule has 21 heavy (non-hydrogen) atoms. The van der Waals surface area contributed by atoms with Crippen LogP contribution in [0.4, 0.5) is 0 Å². The van der Waals surface area contributed by atoms with Gasteiger partial charge in [0.2, 0.25) is 0 Å². The molecule has 0 spiro atoms. The number of hydrogen-bond donors (Lipinski definition) is 0. The van der Waals surface area contributed by atoms with E-state index < -0.39 is 0 Å². The second kappa shape index (κ2) is 6.23. The summed E-state index contributed by atoms with van der Waals surface area (Å²) in [5.74, 6) is 0. The van der Waals surface area contributed by atoms with Gasteiger partial charge in [0.05, 0.1) is 0 Å². The molecule has 0 atom stereocenters. The summed E-state index contributed by atoms with van der Waals surface area (Å²) >= 11 is 0. The summed E-state index contributed by atoms with van der Waals surface area (Å²) < 4.78 is 0. The van der Waals surface area contributed by atoms with Crippen LogP contribution < -0.4 is 0 Å². The fourth-order valence-electron chi connectivity index (χ4n) is 2.57. The molecular weight excluding hydrogens is 252 g/mol. The van der Waals surface area contributed by atoms with E-state index in [1.54, 1.807) is 0 Å². The molecule has 0 heterocycles. The van der Waals surface area contributed by atoms with Crippen molar-refractivity contribution in [3.8, 4) is 11.1 Å². The molecule has 0 aliphatic rings. The van der Waals surface area contributed by atoms with Gasteiger partial charge in [0.1, 0.15) is 0 Å². The predicted molar refractivity (Wildman–Crippen MR) is 91.9 cm³/mol. The molecule has 0 nitrogen and oxygen atoms in total. The van der Waals surface area contributed by atoms with E-state index in [-0.39, 0.29) is 0 Å². The molecule has 0 fully saturated rings. The van der Waals surface area contributed by atoms with Crippen LogP contribution in [0.15, 0.2) is 84.9 Å². The van der Waals surface area contributed by atoms with Crippen molar-refractivity contribution in [3.05, 3.63) is 96.1 Å². The summed E-state index contributed by atoms with van der Waals surface area (Å²) in [6, 6.07) is 29.6. The van der Waals surface area contributed by atoms with Crippen LogP contribution in [0.25, 0.3) is 22.8 Å². The van der Waals surface area contributed by atoms with E-state index >= 15 is 0 Å². The zero-order chi connectivity index (χ0) is 14.5. The van der Waals surface area contributed by atoms with Crippen LogP contribution in [0.5, 0.6) is 0 Å². The van der Waals surface area contributed by atoms with Crippen molar-refractivity contribution in [2.45, 2.75) is 6.92 Å². The quantitative estimate of drug-likeness (QED) is 0.519. The first-order chi connectivity index (χ1) is 10.3. The third-order valence-corrected chi connectivity index (χ3v) is 3.62. The molecular formula is C21H18. The van der Waals surface area contributed by atoms with Crippen LogP contribution in [0.1, 0.15) is 18.1 Å². The summed E-state index contributed by atoms with van der Waals surface area (Å²) in [5.41, 5.74) is 6.34. The van der Waals surface area contributed by atoms with Crippen LogP contribution >= 0.6 is 0 Å². The molecule has 0 amide bonds. The highest BCUT2D eigenvalue weighted by molar-refractivity contribution is 5.88. The topological polar surface area (TPSA) is 0 Å². The zero-order valence-electron chi connectivity index (χ0n) is 12.2. The second-order valence-corrected chi connectivity index (χ2v) is 5.15. The molecule has 0 heteroatoms. The first-order valence-corrected chi connectivity index (χ1v) is 7.23. The fourth-order valence-corrected chi connectivity index (χ4v) is 2.57. The van der Waals surface area contributed by atoms with E-state index in [9.17, 15) is 0 Å². The molecule has 0 bridgehead atoms. The first-order valence-electron chi connectivity index (χ1n) is 7.23. The molecule has 0 unspecified atom stereocenters. The second-order valence-electron chi connectivity index (χ2n) is 5.15. The van der Waals surface area contributed by atoms with Crippen LogP contribution in [-0.4, -0.2) is 0 Å². The summed E-state index contributed by atoms with van der Waals surface area (Å²) in [4.78, 5) is 0. The lowest BCUT2D eigenvalue weighted by Crippen LogP contribution is -1.87. The molecule has 0 aliphatic carbocycles. The molecule has 0 N–H and O–H groups in total. The molecule has 0 saturated heterocycles. The Morgan fingerprint density at radius 2 is 1.24 bits per heavy atom. The maximum atomic E-state index is 2.24. The smallest absolute Gasteiger partial charge is 0.0109 e. The number of allylic oxidation sites excluding steroid dienone is 1. The average Bonchev–Trinajstić information content (AvgIpc) is 2.56. The van der Waals surface area contributed by atoms with Crippen molar-refractivity contribution in [2.24, 2.45) is 0 Å². The molecule has 3 aromatic rings. The Morgan fingerprint density at radius 1 is 0.667 bits per heavy atom. The average molecular weight is 270 g/mol. The molecule has 102 valence electrons. The highest BCUT2D eigenvalue weighted by atomic mass is 14.1. The van der Waals surface area contributed by atoms with Crippen molar-refractivity contribution >= 4 is 11.6 Å². The van der Waals surface area contributed by atoms with Gasteiger partial charge in [-0.15, -0.1) is 0 Å². The normalized spacial score (nSPS) is 11.4. The number of rotatable bonds is 3. The van der Waals surface area contributed by atoms with Gasteiger partial charge in [0.25, 0.3) is 0 Å². The summed E-state index contributed by atoms with van der Waals surface area (Å²) in [6.07, 6.45) is 2.24. The Balaban J connectivity index is 2.05. The standard InChI is InChI=1S/C21H18/c1-17(16-18-10-4-2-5-11-18)20-14-8-9-15-21(20)19-12-6-3-7-13-19/h2-16H,1H3. The Bertz CT molecular complexity index is 737. The van der Waals surface area contributed by atoms with E-state index in [1.165, 1.54) is 27.8 Å². The van der Waals surface area contributed by atoms with Crippen molar-refractivity contribution < 1.29 is 0 Å². The Hall–Kier alpha value is -2.60.